The van der Waals surface area contributed by atoms with Gasteiger partial charge < -0.3 is 5.32 Å². The first kappa shape index (κ1) is 19.7. The molecule has 144 valence electrons. The third kappa shape index (κ3) is 5.22. The van der Waals surface area contributed by atoms with E-state index >= 15 is 0 Å². The van der Waals surface area contributed by atoms with Crippen molar-refractivity contribution in [1.82, 2.24) is 0 Å². The predicted octanol–water partition coefficient (Wildman–Crippen LogP) is 5.98. The SMILES string of the molecule is C=C(CN=C(C)C1CC1)C1CCC(CC)(CNc2cccc(C#N)c2)CC1. The smallest absolute Gasteiger partial charge is 0.0992 e. The van der Waals surface area contributed by atoms with Gasteiger partial charge in [-0.2, -0.15) is 5.26 Å². The standard InChI is InChI=1S/C24H33N3/c1-4-24(17-27-23-7-5-6-20(14-23)15-25)12-10-21(11-13-24)18(2)16-26-19(3)22-8-9-22/h5-7,14,21-22,27H,2,4,8-13,16-17H2,1,3H3. The van der Waals surface area contributed by atoms with Gasteiger partial charge in [-0.1, -0.05) is 25.1 Å². The van der Waals surface area contributed by atoms with Crippen molar-refractivity contribution in [1.29, 1.82) is 5.26 Å². The molecule has 1 aromatic carbocycles. The number of anilines is 1. The topological polar surface area (TPSA) is 48.2 Å². The van der Waals surface area contributed by atoms with E-state index in [2.05, 4.69) is 37.9 Å². The first-order valence-electron chi connectivity index (χ1n) is 10.5. The van der Waals surface area contributed by atoms with Crippen LogP contribution in [0.4, 0.5) is 5.69 Å². The van der Waals surface area contributed by atoms with E-state index in [0.29, 0.717) is 16.9 Å². The minimum atomic E-state index is 0.354. The van der Waals surface area contributed by atoms with Gasteiger partial charge in [-0.15, -0.1) is 0 Å². The molecule has 0 unspecified atom stereocenters. The molecule has 1 aromatic rings. The average Bonchev–Trinajstić information content (AvgIpc) is 3.56. The van der Waals surface area contributed by atoms with Crippen LogP contribution in [0.15, 0.2) is 41.4 Å². The second-order valence-corrected chi connectivity index (χ2v) is 8.56. The van der Waals surface area contributed by atoms with Crippen molar-refractivity contribution in [3.63, 3.8) is 0 Å². The number of nitrogens with zero attached hydrogens (tertiary/aromatic N) is 2. The van der Waals surface area contributed by atoms with Crippen LogP contribution in [0.25, 0.3) is 0 Å². The second kappa shape index (κ2) is 8.74. The van der Waals surface area contributed by atoms with E-state index in [1.807, 2.05) is 18.2 Å². The molecule has 3 nitrogen and oxygen atoms in total. The summed E-state index contributed by atoms with van der Waals surface area (Å²) in [5.74, 6) is 1.39. The summed E-state index contributed by atoms with van der Waals surface area (Å²) >= 11 is 0. The van der Waals surface area contributed by atoms with Crippen molar-refractivity contribution >= 4 is 11.4 Å². The van der Waals surface area contributed by atoms with E-state index in [4.69, 9.17) is 10.3 Å². The molecule has 0 heterocycles. The number of aliphatic imine (C=N–C) groups is 1. The van der Waals surface area contributed by atoms with Crippen LogP contribution in [0, 0.1) is 28.6 Å². The monoisotopic (exact) mass is 363 g/mol. The summed E-state index contributed by atoms with van der Waals surface area (Å²) in [6.45, 7) is 10.7. The number of nitrogens with one attached hydrogen (secondary N) is 1. The second-order valence-electron chi connectivity index (χ2n) is 8.56. The Kier molecular flexibility index (Phi) is 6.37. The van der Waals surface area contributed by atoms with Crippen molar-refractivity contribution < 1.29 is 0 Å². The normalized spacial score (nSPS) is 25.7. The van der Waals surface area contributed by atoms with Crippen molar-refractivity contribution in [2.75, 3.05) is 18.4 Å². The molecule has 0 saturated heterocycles. The van der Waals surface area contributed by atoms with E-state index in [9.17, 15) is 0 Å². The van der Waals surface area contributed by atoms with Crippen LogP contribution >= 0.6 is 0 Å². The van der Waals surface area contributed by atoms with Gasteiger partial charge in [-0.25, -0.2) is 0 Å². The maximum absolute atomic E-state index is 9.07. The number of benzene rings is 1. The molecule has 2 saturated carbocycles. The van der Waals surface area contributed by atoms with Crippen molar-refractivity contribution in [3.05, 3.63) is 42.0 Å². The van der Waals surface area contributed by atoms with Gasteiger partial charge in [0.1, 0.15) is 0 Å². The molecule has 0 bridgehead atoms. The van der Waals surface area contributed by atoms with Gasteiger partial charge >= 0.3 is 0 Å². The van der Waals surface area contributed by atoms with E-state index < -0.39 is 0 Å². The summed E-state index contributed by atoms with van der Waals surface area (Å²) in [5, 5.41) is 12.7. The Labute approximate surface area is 164 Å². The fourth-order valence-corrected chi connectivity index (χ4v) is 4.27. The molecule has 27 heavy (non-hydrogen) atoms. The minimum absolute atomic E-state index is 0.354. The molecule has 2 aliphatic rings. The summed E-state index contributed by atoms with van der Waals surface area (Å²) in [6.07, 6.45) is 8.78. The molecular weight excluding hydrogens is 330 g/mol. The molecule has 0 radical (unpaired) electrons. The first-order valence-corrected chi connectivity index (χ1v) is 10.5. The highest BCUT2D eigenvalue weighted by Crippen LogP contribution is 2.43. The van der Waals surface area contributed by atoms with E-state index in [1.165, 1.54) is 56.2 Å². The fourth-order valence-electron chi connectivity index (χ4n) is 4.27. The molecule has 2 fully saturated rings. The maximum Gasteiger partial charge on any atom is 0.0992 e. The molecule has 0 amide bonds. The lowest BCUT2D eigenvalue weighted by atomic mass is 9.67. The Morgan fingerprint density at radius 1 is 1.26 bits per heavy atom. The highest BCUT2D eigenvalue weighted by molar-refractivity contribution is 5.86. The zero-order valence-electron chi connectivity index (χ0n) is 16.9. The lowest BCUT2D eigenvalue weighted by molar-refractivity contribution is 0.169. The van der Waals surface area contributed by atoms with Crippen LogP contribution in [0.3, 0.4) is 0 Å². The minimum Gasteiger partial charge on any atom is -0.384 e. The van der Waals surface area contributed by atoms with Gasteiger partial charge in [0.15, 0.2) is 0 Å². The molecule has 0 aliphatic heterocycles. The zero-order valence-corrected chi connectivity index (χ0v) is 16.9. The highest BCUT2D eigenvalue weighted by Gasteiger charge is 2.34. The van der Waals surface area contributed by atoms with Crippen molar-refractivity contribution in [2.24, 2.45) is 22.2 Å². The van der Waals surface area contributed by atoms with E-state index in [0.717, 1.165) is 24.7 Å². The van der Waals surface area contributed by atoms with Gasteiger partial charge in [0.05, 0.1) is 18.2 Å². The largest absolute Gasteiger partial charge is 0.384 e. The summed E-state index contributed by atoms with van der Waals surface area (Å²) in [7, 11) is 0. The molecule has 2 aliphatic carbocycles. The lowest BCUT2D eigenvalue weighted by Gasteiger charge is -2.40. The van der Waals surface area contributed by atoms with Gasteiger partial charge in [-0.05, 0) is 87.3 Å². The molecule has 3 rings (SSSR count). The third-order valence-electron chi connectivity index (χ3n) is 6.73. The summed E-state index contributed by atoms with van der Waals surface area (Å²) in [6, 6.07) is 10.0. The Bertz CT molecular complexity index is 728. The summed E-state index contributed by atoms with van der Waals surface area (Å²) in [5.41, 5.74) is 4.78. The van der Waals surface area contributed by atoms with Crippen LogP contribution in [0.2, 0.25) is 0 Å². The molecule has 0 atom stereocenters. The molecule has 1 N–H and O–H groups in total. The predicted molar refractivity (Wildman–Crippen MR) is 114 cm³/mol. The van der Waals surface area contributed by atoms with Crippen LogP contribution < -0.4 is 5.32 Å². The number of hydrogen-bond acceptors (Lipinski definition) is 3. The molecule has 0 aromatic heterocycles. The van der Waals surface area contributed by atoms with Gasteiger partial charge in [0, 0.05) is 17.9 Å². The van der Waals surface area contributed by atoms with Crippen molar-refractivity contribution in [2.45, 2.75) is 58.8 Å². The van der Waals surface area contributed by atoms with Crippen LogP contribution in [-0.4, -0.2) is 18.8 Å². The highest BCUT2D eigenvalue weighted by atomic mass is 14.9. The number of nitriles is 1. The molecular formula is C24H33N3. The van der Waals surface area contributed by atoms with Crippen molar-refractivity contribution in [3.8, 4) is 6.07 Å². The molecule has 3 heteroatoms. The van der Waals surface area contributed by atoms with Gasteiger partial charge in [0.2, 0.25) is 0 Å². The van der Waals surface area contributed by atoms with Crippen LogP contribution in [-0.2, 0) is 0 Å². The summed E-state index contributed by atoms with van der Waals surface area (Å²) < 4.78 is 0. The maximum atomic E-state index is 9.07. The van der Waals surface area contributed by atoms with Crippen LogP contribution in [0.5, 0.6) is 0 Å². The fraction of sp³-hybridized carbons (Fsp3) is 0.583. The number of rotatable bonds is 8. The van der Waals surface area contributed by atoms with Gasteiger partial charge in [-0.3, -0.25) is 4.99 Å². The zero-order chi connectivity index (χ0) is 19.3. The van der Waals surface area contributed by atoms with E-state index in [-0.39, 0.29) is 0 Å². The average molecular weight is 364 g/mol. The Morgan fingerprint density at radius 2 is 2.00 bits per heavy atom. The Balaban J connectivity index is 1.51. The molecule has 0 spiro atoms. The number of hydrogen-bond donors (Lipinski definition) is 1. The van der Waals surface area contributed by atoms with Crippen LogP contribution in [0.1, 0.15) is 64.4 Å². The summed E-state index contributed by atoms with van der Waals surface area (Å²) in [4.78, 5) is 4.79. The quantitative estimate of drug-likeness (QED) is 0.456. The lowest BCUT2D eigenvalue weighted by Crippen LogP contribution is -2.34. The Morgan fingerprint density at radius 3 is 2.63 bits per heavy atom. The first-order chi connectivity index (χ1) is 13.0. The van der Waals surface area contributed by atoms with E-state index in [1.54, 1.807) is 0 Å². The third-order valence-corrected chi connectivity index (χ3v) is 6.73. The van der Waals surface area contributed by atoms with Gasteiger partial charge in [0.25, 0.3) is 0 Å². The Hall–Kier alpha value is -2.08.